The molecule has 1 saturated heterocycles. The van der Waals surface area contributed by atoms with Gasteiger partial charge in [-0.15, -0.1) is 0 Å². The summed E-state index contributed by atoms with van der Waals surface area (Å²) in [5.74, 6) is 0. The molecule has 1 aliphatic heterocycles. The summed E-state index contributed by atoms with van der Waals surface area (Å²) in [7, 11) is 0. The van der Waals surface area contributed by atoms with E-state index in [0.29, 0.717) is 12.1 Å². The molecule has 1 aliphatic rings. The van der Waals surface area contributed by atoms with Crippen LogP contribution in [0.25, 0.3) is 0 Å². The fraction of sp³-hybridized carbons (Fsp3) is 0.455. The van der Waals surface area contributed by atoms with Crippen LogP contribution >= 0.6 is 0 Å². The van der Waals surface area contributed by atoms with Crippen molar-refractivity contribution in [3.8, 4) is 0 Å². The first kappa shape index (κ1) is 14.1. The van der Waals surface area contributed by atoms with E-state index < -0.39 is 29.8 Å². The van der Waals surface area contributed by atoms with Crippen LogP contribution in [-0.2, 0) is 21.8 Å². The lowest BCUT2D eigenvalue weighted by Crippen LogP contribution is -2.13. The highest BCUT2D eigenvalue weighted by Gasteiger charge is 2.38. The Hall–Kier alpha value is -1.28. The summed E-state index contributed by atoms with van der Waals surface area (Å²) in [6.07, 6.45) is -10.9. The van der Waals surface area contributed by atoms with Gasteiger partial charge >= 0.3 is 12.4 Å². The molecule has 0 radical (unpaired) electrons. The standard InChI is InChI=1S/C11H8F6O2/c12-10(13,14)7-3-6(9-18-1-2-19-9)4-8(5-7)11(15,16)17/h3-5,9H,1-2H2. The van der Waals surface area contributed by atoms with Gasteiger partial charge in [0, 0.05) is 5.56 Å². The Bertz CT molecular complexity index is 427. The van der Waals surface area contributed by atoms with Gasteiger partial charge in [0.15, 0.2) is 6.29 Å². The highest BCUT2D eigenvalue weighted by molar-refractivity contribution is 5.34. The van der Waals surface area contributed by atoms with E-state index in [-0.39, 0.29) is 24.8 Å². The molecule has 0 atom stereocenters. The van der Waals surface area contributed by atoms with Crippen molar-refractivity contribution in [1.29, 1.82) is 0 Å². The molecular formula is C11H8F6O2. The van der Waals surface area contributed by atoms with E-state index >= 15 is 0 Å². The molecule has 2 rings (SSSR count). The maximum absolute atomic E-state index is 12.6. The van der Waals surface area contributed by atoms with E-state index in [4.69, 9.17) is 9.47 Å². The molecule has 1 fully saturated rings. The Morgan fingerprint density at radius 2 is 1.21 bits per heavy atom. The Balaban J connectivity index is 2.48. The third-order valence-corrected chi connectivity index (χ3v) is 2.50. The Morgan fingerprint density at radius 3 is 1.58 bits per heavy atom. The van der Waals surface area contributed by atoms with E-state index in [1.54, 1.807) is 0 Å². The molecule has 0 bridgehead atoms. The second-order valence-electron chi connectivity index (χ2n) is 3.91. The van der Waals surface area contributed by atoms with Gasteiger partial charge in [0.25, 0.3) is 0 Å². The lowest BCUT2D eigenvalue weighted by atomic mass is 10.0. The fourth-order valence-corrected chi connectivity index (χ4v) is 1.67. The number of halogens is 6. The first-order valence-electron chi connectivity index (χ1n) is 5.20. The summed E-state index contributed by atoms with van der Waals surface area (Å²) < 4.78 is 85.3. The van der Waals surface area contributed by atoms with Crippen LogP contribution in [0.15, 0.2) is 18.2 Å². The topological polar surface area (TPSA) is 18.5 Å². The molecule has 1 aromatic carbocycles. The molecule has 2 nitrogen and oxygen atoms in total. The van der Waals surface area contributed by atoms with Crippen LogP contribution < -0.4 is 0 Å². The lowest BCUT2D eigenvalue weighted by molar-refractivity contribution is -0.143. The second-order valence-corrected chi connectivity index (χ2v) is 3.91. The van der Waals surface area contributed by atoms with Crippen LogP contribution in [-0.4, -0.2) is 13.2 Å². The van der Waals surface area contributed by atoms with Crippen molar-refractivity contribution in [1.82, 2.24) is 0 Å². The molecule has 0 spiro atoms. The van der Waals surface area contributed by atoms with Crippen molar-refractivity contribution in [2.45, 2.75) is 18.6 Å². The average molecular weight is 286 g/mol. The van der Waals surface area contributed by atoms with E-state index in [1.165, 1.54) is 0 Å². The van der Waals surface area contributed by atoms with Gasteiger partial charge in [-0.3, -0.25) is 0 Å². The Morgan fingerprint density at radius 1 is 0.789 bits per heavy atom. The monoisotopic (exact) mass is 286 g/mol. The number of ether oxygens (including phenoxy) is 2. The van der Waals surface area contributed by atoms with Gasteiger partial charge < -0.3 is 9.47 Å². The molecule has 0 amide bonds. The van der Waals surface area contributed by atoms with Crippen LogP contribution in [0.3, 0.4) is 0 Å². The zero-order chi connectivity index (χ0) is 14.3. The van der Waals surface area contributed by atoms with Gasteiger partial charge in [0.2, 0.25) is 0 Å². The number of rotatable bonds is 1. The predicted octanol–water partition coefficient (Wildman–Crippen LogP) is 3.77. The minimum atomic E-state index is -4.87. The summed E-state index contributed by atoms with van der Waals surface area (Å²) in [6, 6.07) is 1.27. The van der Waals surface area contributed by atoms with Crippen LogP contribution in [0, 0.1) is 0 Å². The van der Waals surface area contributed by atoms with Crippen molar-refractivity contribution in [2.24, 2.45) is 0 Å². The molecule has 106 valence electrons. The van der Waals surface area contributed by atoms with Crippen molar-refractivity contribution in [3.05, 3.63) is 34.9 Å². The SMILES string of the molecule is FC(F)(F)c1cc(C2OCCO2)cc(C(F)(F)F)c1. The van der Waals surface area contributed by atoms with Gasteiger partial charge in [-0.2, -0.15) is 26.3 Å². The third kappa shape index (κ3) is 3.19. The normalized spacial score (nSPS) is 18.0. The van der Waals surface area contributed by atoms with Gasteiger partial charge in [-0.1, -0.05) is 0 Å². The quantitative estimate of drug-likeness (QED) is 0.732. The highest BCUT2D eigenvalue weighted by Crippen LogP contribution is 2.38. The molecule has 8 heteroatoms. The van der Waals surface area contributed by atoms with Crippen molar-refractivity contribution < 1.29 is 35.8 Å². The molecule has 0 aromatic heterocycles. The summed E-state index contributed by atoms with van der Waals surface area (Å²) in [6.45, 7) is 0.254. The Kier molecular flexibility index (Phi) is 3.48. The van der Waals surface area contributed by atoms with Crippen LogP contribution in [0.4, 0.5) is 26.3 Å². The second kappa shape index (κ2) is 4.68. The van der Waals surface area contributed by atoms with Gasteiger partial charge in [0.05, 0.1) is 24.3 Å². The molecule has 0 unspecified atom stereocenters. The predicted molar refractivity (Wildman–Crippen MR) is 51.1 cm³/mol. The lowest BCUT2D eigenvalue weighted by Gasteiger charge is -2.16. The average Bonchev–Trinajstić information content (AvgIpc) is 2.79. The first-order chi connectivity index (χ1) is 8.68. The molecule has 1 aromatic rings. The van der Waals surface area contributed by atoms with Gasteiger partial charge in [-0.25, -0.2) is 0 Å². The fourth-order valence-electron chi connectivity index (χ4n) is 1.67. The molecule has 0 aliphatic carbocycles. The van der Waals surface area contributed by atoms with Gasteiger partial charge in [-0.05, 0) is 18.2 Å². The number of benzene rings is 1. The van der Waals surface area contributed by atoms with E-state index in [9.17, 15) is 26.3 Å². The van der Waals surface area contributed by atoms with Crippen molar-refractivity contribution >= 4 is 0 Å². The maximum Gasteiger partial charge on any atom is 0.416 e. The smallest absolute Gasteiger partial charge is 0.346 e. The summed E-state index contributed by atoms with van der Waals surface area (Å²) in [5.41, 5.74) is -3.05. The summed E-state index contributed by atoms with van der Waals surface area (Å²) in [4.78, 5) is 0. The van der Waals surface area contributed by atoms with E-state index in [1.807, 2.05) is 0 Å². The van der Waals surface area contributed by atoms with E-state index in [0.717, 1.165) is 0 Å². The number of hydrogen-bond acceptors (Lipinski definition) is 2. The zero-order valence-corrected chi connectivity index (χ0v) is 9.31. The van der Waals surface area contributed by atoms with Crippen LogP contribution in [0.2, 0.25) is 0 Å². The number of hydrogen-bond donors (Lipinski definition) is 0. The summed E-state index contributed by atoms with van der Waals surface area (Å²) >= 11 is 0. The van der Waals surface area contributed by atoms with Crippen LogP contribution in [0.1, 0.15) is 23.0 Å². The molecular weight excluding hydrogens is 278 g/mol. The molecule has 1 heterocycles. The molecule has 0 saturated carbocycles. The Labute approximate surface area is 103 Å². The number of alkyl halides is 6. The maximum atomic E-state index is 12.6. The minimum absolute atomic E-state index is 0.0679. The zero-order valence-electron chi connectivity index (χ0n) is 9.31. The largest absolute Gasteiger partial charge is 0.416 e. The minimum Gasteiger partial charge on any atom is -0.346 e. The molecule has 19 heavy (non-hydrogen) atoms. The first-order valence-corrected chi connectivity index (χ1v) is 5.20. The third-order valence-electron chi connectivity index (χ3n) is 2.50. The molecule has 0 N–H and O–H groups in total. The van der Waals surface area contributed by atoms with Crippen LogP contribution in [0.5, 0.6) is 0 Å². The van der Waals surface area contributed by atoms with Crippen molar-refractivity contribution in [3.63, 3.8) is 0 Å². The van der Waals surface area contributed by atoms with E-state index in [2.05, 4.69) is 0 Å². The van der Waals surface area contributed by atoms with Gasteiger partial charge in [0.1, 0.15) is 0 Å². The van der Waals surface area contributed by atoms with Crippen molar-refractivity contribution in [2.75, 3.05) is 13.2 Å². The highest BCUT2D eigenvalue weighted by atomic mass is 19.4. The summed E-state index contributed by atoms with van der Waals surface area (Å²) in [5, 5.41) is 0.